The van der Waals surface area contributed by atoms with Gasteiger partial charge in [-0.3, -0.25) is 0 Å². The Morgan fingerprint density at radius 2 is 1.54 bits per heavy atom. The highest BCUT2D eigenvalue weighted by Gasteiger charge is 2.39. The molecular weight excluding hydrogens is 534 g/mol. The Morgan fingerprint density at radius 3 is 2.16 bits per heavy atom. The minimum absolute atomic E-state index is 0.122. The van der Waals surface area contributed by atoms with E-state index in [1.807, 2.05) is 84.9 Å². The van der Waals surface area contributed by atoms with E-state index < -0.39 is 17.9 Å². The van der Waals surface area contributed by atoms with E-state index in [1.54, 1.807) is 25.9 Å². The van der Waals surface area contributed by atoms with Crippen LogP contribution in [0, 0.1) is 0 Å². The molecule has 0 fully saturated rings. The molecule has 7 heteroatoms. The normalized spacial score (nSPS) is 15.2. The lowest BCUT2D eigenvalue weighted by atomic mass is 9.84. The van der Waals surface area contributed by atoms with Gasteiger partial charge in [0.15, 0.2) is 0 Å². The largest absolute Gasteiger partial charge is 0.497 e. The molecule has 3 aromatic rings. The Labute approximate surface area is 225 Å². The number of halogens is 1. The number of carbonyl (C=O) groups is 2. The summed E-state index contributed by atoms with van der Waals surface area (Å²) in [5, 5.41) is 0. The molecule has 0 aliphatic carbocycles. The van der Waals surface area contributed by atoms with Crippen LogP contribution >= 0.6 is 15.9 Å². The van der Waals surface area contributed by atoms with Crippen LogP contribution in [0.5, 0.6) is 5.75 Å². The molecule has 0 saturated carbocycles. The van der Waals surface area contributed by atoms with Gasteiger partial charge >= 0.3 is 11.9 Å². The number of nitrogens with zero attached hydrogens (tertiary/aromatic N) is 1. The SMILES string of the molecule is CCOC(=O)C1=C(C(=O)OCC)N(c2ccc(OC)cc2)C(c2ccccc2)=CC1c1cccc(Br)c1. The first-order valence-corrected chi connectivity index (χ1v) is 12.8. The van der Waals surface area contributed by atoms with Crippen LogP contribution in [0.1, 0.15) is 30.9 Å². The van der Waals surface area contributed by atoms with E-state index in [4.69, 9.17) is 14.2 Å². The molecule has 0 radical (unpaired) electrons. The molecule has 0 spiro atoms. The van der Waals surface area contributed by atoms with Crippen LogP contribution in [0.3, 0.4) is 0 Å². The first kappa shape index (κ1) is 26.2. The number of ether oxygens (including phenoxy) is 3. The molecule has 0 N–H and O–H groups in total. The molecule has 4 rings (SSSR count). The van der Waals surface area contributed by atoms with Gasteiger partial charge in [0, 0.05) is 16.1 Å². The summed E-state index contributed by atoms with van der Waals surface area (Å²) in [5.41, 5.74) is 3.47. The summed E-state index contributed by atoms with van der Waals surface area (Å²) in [6.45, 7) is 3.80. The number of benzene rings is 3. The van der Waals surface area contributed by atoms with Crippen molar-refractivity contribution in [2.24, 2.45) is 0 Å². The average Bonchev–Trinajstić information content (AvgIpc) is 2.92. The predicted molar refractivity (Wildman–Crippen MR) is 147 cm³/mol. The van der Waals surface area contributed by atoms with E-state index in [-0.39, 0.29) is 24.5 Å². The molecule has 1 unspecified atom stereocenters. The second-order valence-corrected chi connectivity index (χ2v) is 9.10. The van der Waals surface area contributed by atoms with Crippen LogP contribution in [0.15, 0.2) is 101 Å². The topological polar surface area (TPSA) is 65.1 Å². The van der Waals surface area contributed by atoms with E-state index in [0.717, 1.165) is 21.3 Å². The van der Waals surface area contributed by atoms with Crippen molar-refractivity contribution in [3.63, 3.8) is 0 Å². The summed E-state index contributed by atoms with van der Waals surface area (Å²) >= 11 is 3.54. The average molecular weight is 562 g/mol. The van der Waals surface area contributed by atoms with Crippen molar-refractivity contribution >= 4 is 39.3 Å². The molecule has 37 heavy (non-hydrogen) atoms. The van der Waals surface area contributed by atoms with Gasteiger partial charge in [-0.1, -0.05) is 58.4 Å². The van der Waals surface area contributed by atoms with Gasteiger partial charge < -0.3 is 19.1 Å². The van der Waals surface area contributed by atoms with Gasteiger partial charge in [0.1, 0.15) is 11.4 Å². The van der Waals surface area contributed by atoms with Crippen LogP contribution in [-0.4, -0.2) is 32.3 Å². The fourth-order valence-electron chi connectivity index (χ4n) is 4.33. The smallest absolute Gasteiger partial charge is 0.355 e. The molecule has 1 heterocycles. The molecule has 6 nitrogen and oxygen atoms in total. The van der Waals surface area contributed by atoms with Gasteiger partial charge in [0.2, 0.25) is 0 Å². The Morgan fingerprint density at radius 1 is 0.865 bits per heavy atom. The molecule has 0 saturated heterocycles. The standard InChI is InChI=1S/C30H28BrNO5/c1-4-36-29(33)27-25(21-12-9-13-22(31)18-21)19-26(20-10-7-6-8-11-20)32(28(27)30(34)37-5-2)23-14-16-24(35-3)17-15-23/h6-19,25H,4-5H2,1-3H3. The third kappa shape index (κ3) is 5.62. The Kier molecular flexibility index (Phi) is 8.46. The number of hydrogen-bond donors (Lipinski definition) is 0. The van der Waals surface area contributed by atoms with Crippen LogP contribution < -0.4 is 9.64 Å². The highest BCUT2D eigenvalue weighted by atomic mass is 79.9. The lowest BCUT2D eigenvalue weighted by molar-refractivity contribution is -0.142. The quantitative estimate of drug-likeness (QED) is 0.293. The fourth-order valence-corrected chi connectivity index (χ4v) is 4.75. The molecule has 190 valence electrons. The van der Waals surface area contributed by atoms with Gasteiger partial charge in [-0.25, -0.2) is 9.59 Å². The number of esters is 2. The van der Waals surface area contributed by atoms with E-state index in [1.165, 1.54) is 0 Å². The van der Waals surface area contributed by atoms with Gasteiger partial charge in [0.05, 0.1) is 31.6 Å². The molecule has 0 amide bonds. The fraction of sp³-hybridized carbons (Fsp3) is 0.200. The van der Waals surface area contributed by atoms with E-state index in [9.17, 15) is 9.59 Å². The predicted octanol–water partition coefficient (Wildman–Crippen LogP) is 6.48. The third-order valence-electron chi connectivity index (χ3n) is 5.93. The lowest BCUT2D eigenvalue weighted by Crippen LogP contribution is -2.36. The Hall–Kier alpha value is -3.84. The lowest BCUT2D eigenvalue weighted by Gasteiger charge is -2.36. The minimum Gasteiger partial charge on any atom is -0.497 e. The first-order valence-electron chi connectivity index (χ1n) is 12.0. The maximum Gasteiger partial charge on any atom is 0.355 e. The second-order valence-electron chi connectivity index (χ2n) is 8.19. The summed E-state index contributed by atoms with van der Waals surface area (Å²) in [6.07, 6.45) is 2.00. The summed E-state index contributed by atoms with van der Waals surface area (Å²) in [7, 11) is 1.59. The third-order valence-corrected chi connectivity index (χ3v) is 6.42. The summed E-state index contributed by atoms with van der Waals surface area (Å²) < 4.78 is 17.2. The summed E-state index contributed by atoms with van der Waals surface area (Å²) in [4.78, 5) is 29.0. The Bertz CT molecular complexity index is 1330. The molecule has 1 aliphatic heterocycles. The van der Waals surface area contributed by atoms with Crippen LogP contribution in [0.2, 0.25) is 0 Å². The maximum atomic E-state index is 13.7. The zero-order chi connectivity index (χ0) is 26.4. The van der Waals surface area contributed by atoms with Crippen molar-refractivity contribution in [1.82, 2.24) is 0 Å². The summed E-state index contributed by atoms with van der Waals surface area (Å²) in [5.74, 6) is -1.06. The van der Waals surface area contributed by atoms with Crippen LogP contribution in [-0.2, 0) is 19.1 Å². The maximum absolute atomic E-state index is 13.7. The zero-order valence-corrected chi connectivity index (χ0v) is 22.5. The second kappa shape index (κ2) is 11.9. The number of hydrogen-bond acceptors (Lipinski definition) is 6. The van der Waals surface area contributed by atoms with E-state index in [0.29, 0.717) is 11.4 Å². The molecule has 0 bridgehead atoms. The Balaban J connectivity index is 2.06. The molecule has 1 aliphatic rings. The van der Waals surface area contributed by atoms with Crippen LogP contribution in [0.4, 0.5) is 5.69 Å². The van der Waals surface area contributed by atoms with Gasteiger partial charge in [-0.2, -0.15) is 0 Å². The van der Waals surface area contributed by atoms with Crippen molar-refractivity contribution in [3.05, 3.63) is 112 Å². The van der Waals surface area contributed by atoms with Crippen molar-refractivity contribution in [3.8, 4) is 5.75 Å². The number of carbonyl (C=O) groups excluding carboxylic acids is 2. The van der Waals surface area contributed by atoms with Crippen molar-refractivity contribution < 1.29 is 23.8 Å². The summed E-state index contributed by atoms with van der Waals surface area (Å²) in [6, 6.07) is 24.7. The molecular formula is C30H28BrNO5. The highest BCUT2D eigenvalue weighted by molar-refractivity contribution is 9.10. The molecule has 1 atom stereocenters. The van der Waals surface area contributed by atoms with Gasteiger partial charge in [0.25, 0.3) is 0 Å². The van der Waals surface area contributed by atoms with Gasteiger partial charge in [-0.15, -0.1) is 0 Å². The number of rotatable bonds is 8. The minimum atomic E-state index is -0.608. The van der Waals surface area contributed by atoms with E-state index in [2.05, 4.69) is 15.9 Å². The van der Waals surface area contributed by atoms with Crippen LogP contribution in [0.25, 0.3) is 5.70 Å². The first-order chi connectivity index (χ1) is 18.0. The van der Waals surface area contributed by atoms with Gasteiger partial charge in [-0.05, 0) is 67.4 Å². The molecule has 0 aromatic heterocycles. The van der Waals surface area contributed by atoms with Crippen molar-refractivity contribution in [1.29, 1.82) is 0 Å². The number of methoxy groups -OCH3 is 1. The molecule has 3 aromatic carbocycles. The van der Waals surface area contributed by atoms with E-state index >= 15 is 0 Å². The monoisotopic (exact) mass is 561 g/mol. The zero-order valence-electron chi connectivity index (χ0n) is 20.9. The number of allylic oxidation sites excluding steroid dienone is 1. The van der Waals surface area contributed by atoms with Crippen molar-refractivity contribution in [2.75, 3.05) is 25.2 Å². The van der Waals surface area contributed by atoms with Crippen molar-refractivity contribution in [2.45, 2.75) is 19.8 Å². The highest BCUT2D eigenvalue weighted by Crippen LogP contribution is 2.44. The number of anilines is 1.